The van der Waals surface area contributed by atoms with Crippen LogP contribution in [0.4, 0.5) is 0 Å². The van der Waals surface area contributed by atoms with Crippen molar-refractivity contribution >= 4 is 11.6 Å². The van der Waals surface area contributed by atoms with Gasteiger partial charge in [-0.3, -0.25) is 4.98 Å². The van der Waals surface area contributed by atoms with Crippen LogP contribution in [0.5, 0.6) is 0 Å². The van der Waals surface area contributed by atoms with E-state index in [2.05, 4.69) is 61.6 Å². The van der Waals surface area contributed by atoms with E-state index in [-0.39, 0.29) is 0 Å². The van der Waals surface area contributed by atoms with Gasteiger partial charge in [0.1, 0.15) is 0 Å². The lowest BCUT2D eigenvalue weighted by Gasteiger charge is -2.15. The van der Waals surface area contributed by atoms with Crippen molar-refractivity contribution in [2.24, 2.45) is 5.73 Å². The van der Waals surface area contributed by atoms with Crippen LogP contribution in [-0.2, 0) is 6.42 Å². The Kier molecular flexibility index (Phi) is 14.2. The molecule has 0 fully saturated rings. The van der Waals surface area contributed by atoms with Crippen LogP contribution >= 0.6 is 11.6 Å². The van der Waals surface area contributed by atoms with Crippen molar-refractivity contribution in [3.8, 4) is 0 Å². The Morgan fingerprint density at radius 3 is 2.28 bits per heavy atom. The topological polar surface area (TPSA) is 38.9 Å². The number of benzene rings is 1. The summed E-state index contributed by atoms with van der Waals surface area (Å²) in [4.78, 5) is 4.37. The molecule has 2 aromatic rings. The number of aryl methyl sites for hydroxylation is 1. The first-order valence-corrected chi connectivity index (χ1v) is 9.07. The number of rotatable bonds is 7. The Morgan fingerprint density at radius 2 is 1.76 bits per heavy atom. The van der Waals surface area contributed by atoms with Gasteiger partial charge in [-0.1, -0.05) is 49.7 Å². The molecule has 1 aromatic heterocycles. The van der Waals surface area contributed by atoms with Gasteiger partial charge in [0.15, 0.2) is 0 Å². The highest BCUT2D eigenvalue weighted by molar-refractivity contribution is 6.30. The molecule has 0 bridgehead atoms. The van der Waals surface area contributed by atoms with Gasteiger partial charge in [0.25, 0.3) is 0 Å². The summed E-state index contributed by atoms with van der Waals surface area (Å²) < 4.78 is 0. The van der Waals surface area contributed by atoms with Crippen molar-refractivity contribution in [3.05, 3.63) is 90.9 Å². The quantitative estimate of drug-likeness (QED) is 0.451. The summed E-state index contributed by atoms with van der Waals surface area (Å²) in [6, 6.07) is 14.4. The van der Waals surface area contributed by atoms with Gasteiger partial charge in [0, 0.05) is 16.9 Å². The monoisotopic (exact) mass is 358 g/mol. The first-order chi connectivity index (χ1) is 12.2. The zero-order valence-electron chi connectivity index (χ0n) is 15.3. The van der Waals surface area contributed by atoms with Gasteiger partial charge in [0.05, 0.1) is 0 Å². The van der Waals surface area contributed by atoms with Crippen LogP contribution in [-0.4, -0.2) is 4.98 Å². The predicted molar refractivity (Wildman–Crippen MR) is 112 cm³/mol. The molecule has 0 saturated carbocycles. The van der Waals surface area contributed by atoms with Gasteiger partial charge in [-0.05, 0) is 67.6 Å². The van der Waals surface area contributed by atoms with Crippen LogP contribution in [0.2, 0.25) is 5.02 Å². The standard InChI is InChI=1S/C18H22ClN.C2H5N.C2H4/c1-2-15(16-10-12-17(19)13-11-16)7-3-4-8-18-9-5-6-14-20-18;1-2-3;1-2/h5-6,9-15H,2-4,7-8H2,1H3;2H,1,3H2;1-2H2. The van der Waals surface area contributed by atoms with Crippen LogP contribution in [0.15, 0.2) is 74.6 Å². The molecule has 0 radical (unpaired) electrons. The van der Waals surface area contributed by atoms with Crippen LogP contribution in [0.25, 0.3) is 0 Å². The summed E-state index contributed by atoms with van der Waals surface area (Å²) in [6.45, 7) is 11.4. The third kappa shape index (κ3) is 10.4. The van der Waals surface area contributed by atoms with Gasteiger partial charge in [-0.15, -0.1) is 13.2 Å². The Balaban J connectivity index is 0.00000104. The van der Waals surface area contributed by atoms with Crippen LogP contribution < -0.4 is 5.73 Å². The summed E-state index contributed by atoms with van der Waals surface area (Å²) in [7, 11) is 0. The highest BCUT2D eigenvalue weighted by atomic mass is 35.5. The third-order valence-electron chi connectivity index (χ3n) is 3.80. The molecule has 136 valence electrons. The van der Waals surface area contributed by atoms with E-state index in [1.54, 1.807) is 0 Å². The fraction of sp³-hybridized carbons (Fsp3) is 0.318. The molecular formula is C22H31ClN2. The lowest BCUT2D eigenvalue weighted by atomic mass is 9.91. The number of aromatic nitrogens is 1. The van der Waals surface area contributed by atoms with Crippen molar-refractivity contribution in [1.29, 1.82) is 0 Å². The van der Waals surface area contributed by atoms with Gasteiger partial charge in [-0.2, -0.15) is 0 Å². The Bertz CT molecular complexity index is 552. The van der Waals surface area contributed by atoms with E-state index in [4.69, 9.17) is 11.6 Å². The smallest absolute Gasteiger partial charge is 0.0406 e. The maximum absolute atomic E-state index is 5.95. The third-order valence-corrected chi connectivity index (χ3v) is 4.05. The fourth-order valence-electron chi connectivity index (χ4n) is 2.58. The van der Waals surface area contributed by atoms with Gasteiger partial charge in [0.2, 0.25) is 0 Å². The molecule has 3 heteroatoms. The molecule has 2 rings (SSSR count). The number of pyridine rings is 1. The number of halogens is 1. The van der Waals surface area contributed by atoms with Crippen molar-refractivity contribution in [2.75, 3.05) is 0 Å². The maximum Gasteiger partial charge on any atom is 0.0406 e. The largest absolute Gasteiger partial charge is 0.405 e. The molecular weight excluding hydrogens is 328 g/mol. The molecule has 0 saturated heterocycles. The van der Waals surface area contributed by atoms with Gasteiger partial charge >= 0.3 is 0 Å². The summed E-state index contributed by atoms with van der Waals surface area (Å²) in [5.74, 6) is 0.649. The molecule has 2 N–H and O–H groups in total. The first-order valence-electron chi connectivity index (χ1n) is 8.69. The zero-order valence-corrected chi connectivity index (χ0v) is 16.1. The highest BCUT2D eigenvalue weighted by Gasteiger charge is 2.09. The molecule has 1 heterocycles. The van der Waals surface area contributed by atoms with Crippen LogP contribution in [0.3, 0.4) is 0 Å². The Hall–Kier alpha value is -2.06. The number of nitrogens with two attached hydrogens (primary N) is 1. The molecule has 0 aliphatic heterocycles. The van der Waals surface area contributed by atoms with Crippen molar-refractivity contribution < 1.29 is 0 Å². The predicted octanol–water partition coefficient (Wildman–Crippen LogP) is 6.53. The van der Waals surface area contributed by atoms with Crippen molar-refractivity contribution in [2.45, 2.75) is 44.9 Å². The van der Waals surface area contributed by atoms with Gasteiger partial charge < -0.3 is 5.73 Å². The molecule has 25 heavy (non-hydrogen) atoms. The lowest BCUT2D eigenvalue weighted by Crippen LogP contribution is -1.98. The number of hydrogen-bond donors (Lipinski definition) is 1. The van der Waals surface area contributed by atoms with E-state index in [0.29, 0.717) is 5.92 Å². The molecule has 0 amide bonds. The minimum absolute atomic E-state index is 0.649. The zero-order chi connectivity index (χ0) is 18.9. The lowest BCUT2D eigenvalue weighted by molar-refractivity contribution is 0.555. The van der Waals surface area contributed by atoms with E-state index >= 15 is 0 Å². The summed E-state index contributed by atoms with van der Waals surface area (Å²) in [5, 5.41) is 0.818. The number of nitrogens with zero attached hydrogens (tertiary/aromatic N) is 1. The minimum atomic E-state index is 0.649. The van der Waals surface area contributed by atoms with E-state index in [0.717, 1.165) is 11.4 Å². The first kappa shape index (κ1) is 22.9. The number of unbranched alkanes of at least 4 members (excludes halogenated alkanes) is 1. The normalized spacial score (nSPS) is 10.5. The molecule has 0 spiro atoms. The Morgan fingerprint density at radius 1 is 1.12 bits per heavy atom. The van der Waals surface area contributed by atoms with Gasteiger partial charge in [-0.25, -0.2) is 0 Å². The van der Waals surface area contributed by atoms with E-state index in [1.165, 1.54) is 43.1 Å². The summed E-state index contributed by atoms with van der Waals surface area (Å²) in [6.07, 6.45) is 9.09. The maximum atomic E-state index is 5.95. The second kappa shape index (κ2) is 15.5. The second-order valence-corrected chi connectivity index (χ2v) is 5.90. The molecule has 0 aliphatic carbocycles. The SMILES string of the molecule is C=C.C=CN.CCC(CCCCc1ccccn1)c1ccc(Cl)cc1. The molecule has 2 nitrogen and oxygen atoms in total. The molecule has 1 unspecified atom stereocenters. The summed E-state index contributed by atoms with van der Waals surface area (Å²) in [5.41, 5.74) is 7.22. The molecule has 0 aliphatic rings. The molecule has 1 atom stereocenters. The fourth-order valence-corrected chi connectivity index (χ4v) is 2.71. The van der Waals surface area contributed by atoms with Crippen molar-refractivity contribution in [1.82, 2.24) is 4.98 Å². The van der Waals surface area contributed by atoms with E-state index in [1.807, 2.05) is 24.4 Å². The summed E-state index contributed by atoms with van der Waals surface area (Å²) >= 11 is 5.95. The highest BCUT2D eigenvalue weighted by Crippen LogP contribution is 2.26. The number of hydrogen-bond acceptors (Lipinski definition) is 2. The molecule has 1 aromatic carbocycles. The Labute approximate surface area is 158 Å². The van der Waals surface area contributed by atoms with Crippen molar-refractivity contribution in [3.63, 3.8) is 0 Å². The average Bonchev–Trinajstić information content (AvgIpc) is 2.66. The van der Waals surface area contributed by atoms with E-state index in [9.17, 15) is 0 Å². The second-order valence-electron chi connectivity index (χ2n) is 5.46. The van der Waals surface area contributed by atoms with E-state index < -0.39 is 0 Å². The average molecular weight is 359 g/mol. The minimum Gasteiger partial charge on any atom is -0.405 e. The van der Waals surface area contributed by atoms with Crippen LogP contribution in [0.1, 0.15) is 49.8 Å². The van der Waals surface area contributed by atoms with Crippen LogP contribution in [0, 0.1) is 0 Å².